The lowest BCUT2D eigenvalue weighted by Crippen LogP contribution is -2.15. The van der Waals surface area contributed by atoms with E-state index in [0.29, 0.717) is 15.8 Å². The molecule has 5 heteroatoms. The van der Waals surface area contributed by atoms with E-state index in [0.717, 1.165) is 0 Å². The number of aromatic carboxylic acids is 1. The Morgan fingerprint density at radius 3 is 2.42 bits per heavy atom. The molecule has 1 N–H and O–H groups in total. The van der Waals surface area contributed by atoms with Crippen LogP contribution < -0.4 is 4.90 Å². The molecule has 0 aliphatic rings. The number of rotatable bonds is 3. The molecule has 2 aromatic carbocycles. The summed E-state index contributed by atoms with van der Waals surface area (Å²) in [5.41, 5.74) is 0.850. The fraction of sp³-hybridized carbons (Fsp3) is 0.0714. The Morgan fingerprint density at radius 1 is 1.16 bits per heavy atom. The van der Waals surface area contributed by atoms with E-state index in [1.165, 1.54) is 11.0 Å². The molecule has 0 spiro atoms. The van der Waals surface area contributed by atoms with Crippen molar-refractivity contribution in [2.45, 2.75) is 0 Å². The predicted molar refractivity (Wildman–Crippen MR) is 75.6 cm³/mol. The standard InChI is InChI=1S/C14H11BrFNO2/c1-17(11-7-3-2-6-10(11)16)12-8-4-5-9(15)13(12)14(18)19/h2-8H,1H3,(H,18,19). The molecule has 0 bridgehead atoms. The third-order valence-corrected chi connectivity index (χ3v) is 3.44. The SMILES string of the molecule is CN(c1ccccc1F)c1cccc(Br)c1C(=O)O. The number of hydrogen-bond acceptors (Lipinski definition) is 2. The highest BCUT2D eigenvalue weighted by molar-refractivity contribution is 9.10. The molecule has 0 saturated carbocycles. The van der Waals surface area contributed by atoms with Gasteiger partial charge in [0.2, 0.25) is 0 Å². The van der Waals surface area contributed by atoms with Crippen LogP contribution in [0.5, 0.6) is 0 Å². The van der Waals surface area contributed by atoms with Gasteiger partial charge in [0, 0.05) is 11.5 Å². The summed E-state index contributed by atoms with van der Waals surface area (Å²) < 4.78 is 14.2. The average Bonchev–Trinajstić information content (AvgIpc) is 2.37. The van der Waals surface area contributed by atoms with Crippen molar-refractivity contribution >= 4 is 33.3 Å². The van der Waals surface area contributed by atoms with Crippen LogP contribution >= 0.6 is 15.9 Å². The molecule has 0 aliphatic heterocycles. The Bertz CT molecular complexity index is 631. The molecule has 0 radical (unpaired) electrons. The van der Waals surface area contributed by atoms with E-state index in [-0.39, 0.29) is 5.56 Å². The lowest BCUT2D eigenvalue weighted by molar-refractivity contribution is 0.0696. The Kier molecular flexibility index (Phi) is 3.85. The van der Waals surface area contributed by atoms with Crippen molar-refractivity contribution in [2.24, 2.45) is 0 Å². The van der Waals surface area contributed by atoms with E-state index in [1.54, 1.807) is 43.4 Å². The van der Waals surface area contributed by atoms with Gasteiger partial charge in [0.05, 0.1) is 16.9 Å². The van der Waals surface area contributed by atoms with Crippen LogP contribution in [0.4, 0.5) is 15.8 Å². The number of hydrogen-bond donors (Lipinski definition) is 1. The first kappa shape index (κ1) is 13.5. The third-order valence-electron chi connectivity index (χ3n) is 2.78. The molecule has 0 aromatic heterocycles. The summed E-state index contributed by atoms with van der Waals surface area (Å²) in [7, 11) is 1.63. The normalized spacial score (nSPS) is 10.3. The van der Waals surface area contributed by atoms with E-state index >= 15 is 0 Å². The average molecular weight is 324 g/mol. The van der Waals surface area contributed by atoms with Gasteiger partial charge >= 0.3 is 5.97 Å². The quantitative estimate of drug-likeness (QED) is 0.926. The van der Waals surface area contributed by atoms with Gasteiger partial charge in [0.25, 0.3) is 0 Å². The molecule has 3 nitrogen and oxygen atoms in total. The van der Waals surface area contributed by atoms with Crippen LogP contribution in [-0.2, 0) is 0 Å². The monoisotopic (exact) mass is 323 g/mol. The summed E-state index contributed by atoms with van der Waals surface area (Å²) in [4.78, 5) is 12.8. The second-order valence-electron chi connectivity index (χ2n) is 3.95. The molecule has 98 valence electrons. The minimum absolute atomic E-state index is 0.105. The highest BCUT2D eigenvalue weighted by atomic mass is 79.9. The molecule has 2 rings (SSSR count). The highest BCUT2D eigenvalue weighted by Crippen LogP contribution is 2.32. The van der Waals surface area contributed by atoms with Gasteiger partial charge in [0.15, 0.2) is 0 Å². The summed E-state index contributed by atoms with van der Waals surface area (Å²) >= 11 is 3.21. The third kappa shape index (κ3) is 2.61. The van der Waals surface area contributed by atoms with Crippen molar-refractivity contribution in [1.82, 2.24) is 0 Å². The van der Waals surface area contributed by atoms with Crippen molar-refractivity contribution in [2.75, 3.05) is 11.9 Å². The van der Waals surface area contributed by atoms with E-state index in [2.05, 4.69) is 15.9 Å². The molecule has 0 amide bonds. The summed E-state index contributed by atoms with van der Waals surface area (Å²) in [5, 5.41) is 9.26. The first-order valence-corrected chi connectivity index (χ1v) is 6.31. The number of carboxylic acids is 1. The van der Waals surface area contributed by atoms with Crippen molar-refractivity contribution in [3.63, 3.8) is 0 Å². The molecule has 2 aromatic rings. The summed E-state index contributed by atoms with van der Waals surface area (Å²) in [5.74, 6) is -1.47. The van der Waals surface area contributed by atoms with E-state index in [9.17, 15) is 14.3 Å². The smallest absolute Gasteiger partial charge is 0.338 e. The van der Waals surface area contributed by atoms with Gasteiger partial charge < -0.3 is 10.0 Å². The Labute approximate surface area is 118 Å². The maximum absolute atomic E-state index is 13.8. The molecule has 0 heterocycles. The minimum atomic E-state index is -1.06. The fourth-order valence-corrected chi connectivity index (χ4v) is 2.38. The molecule has 19 heavy (non-hydrogen) atoms. The van der Waals surface area contributed by atoms with Gasteiger partial charge in [0.1, 0.15) is 5.82 Å². The molecule has 0 saturated heterocycles. The van der Waals surface area contributed by atoms with Crippen molar-refractivity contribution < 1.29 is 14.3 Å². The molecular formula is C14H11BrFNO2. The molecule has 0 atom stereocenters. The largest absolute Gasteiger partial charge is 0.478 e. The zero-order chi connectivity index (χ0) is 14.0. The van der Waals surface area contributed by atoms with Gasteiger partial charge in [-0.15, -0.1) is 0 Å². The Hall–Kier alpha value is -1.88. The number of anilines is 2. The molecule has 0 aliphatic carbocycles. The van der Waals surface area contributed by atoms with Gasteiger partial charge in [-0.2, -0.15) is 0 Å². The fourth-order valence-electron chi connectivity index (χ4n) is 1.86. The highest BCUT2D eigenvalue weighted by Gasteiger charge is 2.19. The van der Waals surface area contributed by atoms with Gasteiger partial charge in [-0.05, 0) is 40.2 Å². The first-order chi connectivity index (χ1) is 9.02. The topological polar surface area (TPSA) is 40.5 Å². The maximum Gasteiger partial charge on any atom is 0.338 e. The van der Waals surface area contributed by atoms with Crippen molar-refractivity contribution in [3.05, 3.63) is 58.3 Å². The predicted octanol–water partition coefficient (Wildman–Crippen LogP) is 4.05. The van der Waals surface area contributed by atoms with Crippen LogP contribution in [0.1, 0.15) is 10.4 Å². The Morgan fingerprint density at radius 2 is 1.79 bits per heavy atom. The zero-order valence-electron chi connectivity index (χ0n) is 10.1. The van der Waals surface area contributed by atoms with Gasteiger partial charge in [-0.25, -0.2) is 9.18 Å². The number of halogens is 2. The van der Waals surface area contributed by atoms with Gasteiger partial charge in [-0.3, -0.25) is 0 Å². The lowest BCUT2D eigenvalue weighted by Gasteiger charge is -2.22. The molecule has 0 unspecified atom stereocenters. The van der Waals surface area contributed by atoms with Crippen LogP contribution in [-0.4, -0.2) is 18.1 Å². The number of carboxylic acid groups (broad SMARTS) is 1. The van der Waals surface area contributed by atoms with E-state index in [4.69, 9.17) is 0 Å². The first-order valence-electron chi connectivity index (χ1n) is 5.52. The summed E-state index contributed by atoms with van der Waals surface area (Å²) in [6.45, 7) is 0. The molecular weight excluding hydrogens is 313 g/mol. The van der Waals surface area contributed by atoms with Crippen molar-refractivity contribution in [1.29, 1.82) is 0 Å². The number of para-hydroxylation sites is 1. The second-order valence-corrected chi connectivity index (χ2v) is 4.80. The number of benzene rings is 2. The maximum atomic E-state index is 13.8. The zero-order valence-corrected chi connectivity index (χ0v) is 11.7. The summed E-state index contributed by atoms with van der Waals surface area (Å²) in [6, 6.07) is 11.2. The van der Waals surface area contributed by atoms with Crippen molar-refractivity contribution in [3.8, 4) is 0 Å². The lowest BCUT2D eigenvalue weighted by atomic mass is 10.1. The number of carbonyl (C=O) groups is 1. The van der Waals surface area contributed by atoms with Crippen LogP contribution in [0.2, 0.25) is 0 Å². The minimum Gasteiger partial charge on any atom is -0.478 e. The number of nitrogens with zero attached hydrogens (tertiary/aromatic N) is 1. The van der Waals surface area contributed by atoms with E-state index in [1.807, 2.05) is 0 Å². The molecule has 0 fully saturated rings. The van der Waals surface area contributed by atoms with Crippen LogP contribution in [0.3, 0.4) is 0 Å². The van der Waals surface area contributed by atoms with Crippen LogP contribution in [0.15, 0.2) is 46.9 Å². The Balaban J connectivity index is 2.57. The van der Waals surface area contributed by atoms with Crippen LogP contribution in [0, 0.1) is 5.82 Å². The van der Waals surface area contributed by atoms with Gasteiger partial charge in [-0.1, -0.05) is 18.2 Å². The van der Waals surface area contributed by atoms with E-state index < -0.39 is 11.8 Å². The second kappa shape index (κ2) is 5.40. The summed E-state index contributed by atoms with van der Waals surface area (Å²) in [6.07, 6.45) is 0. The van der Waals surface area contributed by atoms with Crippen LogP contribution in [0.25, 0.3) is 0 Å².